The Bertz CT molecular complexity index is 429. The zero-order valence-electron chi connectivity index (χ0n) is 14.2. The molecule has 120 valence electrons. The van der Waals surface area contributed by atoms with Crippen molar-refractivity contribution in [3.8, 4) is 0 Å². The van der Waals surface area contributed by atoms with Crippen molar-refractivity contribution in [2.75, 3.05) is 0 Å². The van der Waals surface area contributed by atoms with Gasteiger partial charge in [-0.3, -0.25) is 4.79 Å². The first-order valence-electron chi connectivity index (χ1n) is 7.60. The Morgan fingerprint density at radius 2 is 1.86 bits per heavy atom. The minimum Gasteiger partial charge on any atom is -0.460 e. The highest BCUT2D eigenvalue weighted by Crippen LogP contribution is 2.59. The Hall–Kier alpha value is -1.32. The lowest BCUT2D eigenvalue weighted by molar-refractivity contribution is -0.157. The van der Waals surface area contributed by atoms with Crippen LogP contribution in [0.5, 0.6) is 0 Å². The van der Waals surface area contributed by atoms with Gasteiger partial charge in [-0.1, -0.05) is 26.8 Å². The van der Waals surface area contributed by atoms with Crippen LogP contribution in [0.1, 0.15) is 54.9 Å². The molecule has 4 heteroatoms. The van der Waals surface area contributed by atoms with Gasteiger partial charge in [0.25, 0.3) is 0 Å². The molecule has 0 aromatic carbocycles. The van der Waals surface area contributed by atoms with Gasteiger partial charge in [-0.05, 0) is 45.4 Å². The minimum atomic E-state index is -0.487. The summed E-state index contributed by atoms with van der Waals surface area (Å²) >= 11 is 0. The summed E-state index contributed by atoms with van der Waals surface area (Å²) in [6.45, 7) is 13.4. The normalized spacial score (nSPS) is 25.5. The highest BCUT2D eigenvalue weighted by atomic mass is 16.6. The summed E-state index contributed by atoms with van der Waals surface area (Å²) in [7, 11) is 0. The van der Waals surface area contributed by atoms with E-state index in [0.717, 1.165) is 6.42 Å². The molecular formula is C17H28O4. The minimum absolute atomic E-state index is 0.0248. The molecular weight excluding hydrogens is 268 g/mol. The van der Waals surface area contributed by atoms with Crippen LogP contribution in [-0.4, -0.2) is 23.6 Å². The quantitative estimate of drug-likeness (QED) is 0.575. The number of carbonyl (C=O) groups is 2. The molecule has 1 aliphatic rings. The maximum Gasteiger partial charge on any atom is 0.330 e. The lowest BCUT2D eigenvalue weighted by Gasteiger charge is -2.19. The molecule has 0 N–H and O–H groups in total. The molecule has 1 saturated carbocycles. The third-order valence-corrected chi connectivity index (χ3v) is 3.90. The second kappa shape index (κ2) is 6.20. The van der Waals surface area contributed by atoms with Crippen LogP contribution in [0.3, 0.4) is 0 Å². The second-order valence-electron chi connectivity index (χ2n) is 7.37. The van der Waals surface area contributed by atoms with Crippen LogP contribution < -0.4 is 0 Å². The Morgan fingerprint density at radius 3 is 2.33 bits per heavy atom. The van der Waals surface area contributed by atoms with Crippen molar-refractivity contribution >= 4 is 11.9 Å². The van der Waals surface area contributed by atoms with Gasteiger partial charge in [-0.2, -0.15) is 0 Å². The molecule has 3 atom stereocenters. The fraction of sp³-hybridized carbons (Fsp3) is 0.765. The van der Waals surface area contributed by atoms with Gasteiger partial charge >= 0.3 is 11.9 Å². The van der Waals surface area contributed by atoms with Gasteiger partial charge in [0, 0.05) is 6.08 Å². The van der Waals surface area contributed by atoms with E-state index in [4.69, 9.17) is 9.47 Å². The maximum atomic E-state index is 12.1. The Balaban J connectivity index is 2.61. The number of hydrogen-bond donors (Lipinski definition) is 0. The van der Waals surface area contributed by atoms with Gasteiger partial charge in [0.2, 0.25) is 0 Å². The van der Waals surface area contributed by atoms with Crippen LogP contribution >= 0.6 is 0 Å². The van der Waals surface area contributed by atoms with Crippen molar-refractivity contribution in [3.05, 3.63) is 12.2 Å². The number of allylic oxidation sites excluding steroid dienone is 1. The van der Waals surface area contributed by atoms with Crippen molar-refractivity contribution < 1.29 is 19.1 Å². The highest BCUT2D eigenvalue weighted by molar-refractivity contribution is 5.83. The maximum absolute atomic E-state index is 12.1. The van der Waals surface area contributed by atoms with Crippen LogP contribution in [0.25, 0.3) is 0 Å². The predicted molar refractivity (Wildman–Crippen MR) is 81.6 cm³/mol. The average molecular weight is 296 g/mol. The number of rotatable bonds is 5. The first-order valence-corrected chi connectivity index (χ1v) is 7.60. The zero-order chi connectivity index (χ0) is 16.4. The summed E-state index contributed by atoms with van der Waals surface area (Å²) in [6.07, 6.45) is 3.91. The standard InChI is InChI=1S/C17H28O4/c1-8-11(2)20-13(18)10-9-12-14(17(12,6)7)15(19)21-16(3,4)5/h9-12,14H,8H2,1-7H3/t11?,12-,14-/m0/s1. The summed E-state index contributed by atoms with van der Waals surface area (Å²) in [5.41, 5.74) is -0.658. The SMILES string of the molecule is CCC(C)OC(=O)C=C[C@H]1[C@@H](C(=O)OC(C)(C)C)C1(C)C. The molecule has 21 heavy (non-hydrogen) atoms. The molecule has 0 radical (unpaired) electrons. The van der Waals surface area contributed by atoms with Gasteiger partial charge in [-0.25, -0.2) is 4.79 Å². The van der Waals surface area contributed by atoms with Gasteiger partial charge in [0.1, 0.15) is 5.60 Å². The number of carbonyl (C=O) groups excluding carboxylic acids is 2. The number of esters is 2. The summed E-state index contributed by atoms with van der Waals surface area (Å²) in [5, 5.41) is 0. The molecule has 0 saturated heterocycles. The molecule has 0 spiro atoms. The summed E-state index contributed by atoms with van der Waals surface area (Å²) < 4.78 is 10.6. The monoisotopic (exact) mass is 296 g/mol. The summed E-state index contributed by atoms with van der Waals surface area (Å²) in [4.78, 5) is 23.8. The molecule has 0 aromatic heterocycles. The first kappa shape index (κ1) is 17.7. The van der Waals surface area contributed by atoms with E-state index < -0.39 is 5.60 Å². The molecule has 0 amide bonds. The highest BCUT2D eigenvalue weighted by Gasteiger charge is 2.61. The van der Waals surface area contributed by atoms with Crippen molar-refractivity contribution in [2.24, 2.45) is 17.3 Å². The molecule has 0 aliphatic heterocycles. The van der Waals surface area contributed by atoms with Gasteiger partial charge < -0.3 is 9.47 Å². The average Bonchev–Trinajstić information content (AvgIpc) is 2.86. The molecule has 1 unspecified atom stereocenters. The molecule has 0 heterocycles. The lowest BCUT2D eigenvalue weighted by atomic mass is 10.1. The van der Waals surface area contributed by atoms with Gasteiger partial charge in [-0.15, -0.1) is 0 Å². The van der Waals surface area contributed by atoms with Crippen molar-refractivity contribution in [2.45, 2.75) is 66.6 Å². The fourth-order valence-electron chi connectivity index (χ4n) is 2.36. The van der Waals surface area contributed by atoms with Gasteiger partial charge in [0.15, 0.2) is 0 Å². The fourth-order valence-corrected chi connectivity index (χ4v) is 2.36. The topological polar surface area (TPSA) is 52.6 Å². The van der Waals surface area contributed by atoms with Crippen LogP contribution in [0, 0.1) is 17.3 Å². The Kier molecular flexibility index (Phi) is 5.24. The van der Waals surface area contributed by atoms with Crippen LogP contribution in [0.15, 0.2) is 12.2 Å². The molecule has 0 bridgehead atoms. The Morgan fingerprint density at radius 1 is 1.29 bits per heavy atom. The van der Waals surface area contributed by atoms with Gasteiger partial charge in [0.05, 0.1) is 12.0 Å². The van der Waals surface area contributed by atoms with E-state index in [1.54, 1.807) is 6.08 Å². The molecule has 1 fully saturated rings. The van der Waals surface area contributed by atoms with E-state index in [1.165, 1.54) is 6.08 Å². The third-order valence-electron chi connectivity index (χ3n) is 3.90. The third kappa shape index (κ3) is 4.87. The van der Waals surface area contributed by atoms with E-state index in [0.29, 0.717) is 0 Å². The zero-order valence-corrected chi connectivity index (χ0v) is 14.2. The van der Waals surface area contributed by atoms with E-state index in [-0.39, 0.29) is 35.3 Å². The van der Waals surface area contributed by atoms with E-state index in [9.17, 15) is 9.59 Å². The number of hydrogen-bond acceptors (Lipinski definition) is 4. The molecule has 4 nitrogen and oxygen atoms in total. The van der Waals surface area contributed by atoms with Crippen LogP contribution in [-0.2, 0) is 19.1 Å². The van der Waals surface area contributed by atoms with Crippen LogP contribution in [0.4, 0.5) is 0 Å². The van der Waals surface area contributed by atoms with Crippen molar-refractivity contribution in [3.63, 3.8) is 0 Å². The smallest absolute Gasteiger partial charge is 0.330 e. The van der Waals surface area contributed by atoms with E-state index >= 15 is 0 Å². The van der Waals surface area contributed by atoms with Crippen molar-refractivity contribution in [1.82, 2.24) is 0 Å². The number of ether oxygens (including phenoxy) is 2. The molecule has 1 aliphatic carbocycles. The second-order valence-corrected chi connectivity index (χ2v) is 7.37. The summed E-state index contributed by atoms with van der Waals surface area (Å²) in [6, 6.07) is 0. The molecule has 1 rings (SSSR count). The van der Waals surface area contributed by atoms with Crippen LogP contribution in [0.2, 0.25) is 0 Å². The van der Waals surface area contributed by atoms with E-state index in [2.05, 4.69) is 0 Å². The van der Waals surface area contributed by atoms with Crippen molar-refractivity contribution in [1.29, 1.82) is 0 Å². The largest absolute Gasteiger partial charge is 0.460 e. The Labute approximate surface area is 127 Å². The molecule has 0 aromatic rings. The summed E-state index contributed by atoms with van der Waals surface area (Å²) in [5.74, 6) is -0.714. The van der Waals surface area contributed by atoms with E-state index in [1.807, 2.05) is 48.5 Å². The first-order chi connectivity index (χ1) is 9.49. The predicted octanol–water partition coefficient (Wildman–Crippen LogP) is 3.50. The lowest BCUT2D eigenvalue weighted by Crippen LogP contribution is -2.26.